The fraction of sp³-hybridized carbons (Fsp3) is 0.444. The van der Waals surface area contributed by atoms with Gasteiger partial charge in [0.25, 0.3) is 11.8 Å². The van der Waals surface area contributed by atoms with Crippen molar-refractivity contribution < 1.29 is 19.4 Å². The van der Waals surface area contributed by atoms with Crippen molar-refractivity contribution in [1.82, 2.24) is 19.8 Å². The molecule has 9 nitrogen and oxygen atoms in total. The number of nitrogens with one attached hydrogen (secondary N) is 2. The van der Waals surface area contributed by atoms with Gasteiger partial charge in [-0.15, -0.1) is 0 Å². The van der Waals surface area contributed by atoms with Gasteiger partial charge in [-0.25, -0.2) is 4.98 Å². The monoisotopic (exact) mass is 493 g/mol. The van der Waals surface area contributed by atoms with Crippen LogP contribution in [0.4, 0.5) is 5.69 Å². The molecule has 2 aromatic carbocycles. The van der Waals surface area contributed by atoms with Gasteiger partial charge < -0.3 is 29.9 Å². The first-order valence-electron chi connectivity index (χ1n) is 12.5. The number of hydrogen-bond donors (Lipinski definition) is 3. The van der Waals surface area contributed by atoms with Crippen LogP contribution in [0.2, 0.25) is 0 Å². The molecule has 9 heteroatoms. The highest BCUT2D eigenvalue weighted by atomic mass is 16.5. The Kier molecular flexibility index (Phi) is 8.22. The number of para-hydroxylation sites is 1. The van der Waals surface area contributed by atoms with Crippen LogP contribution in [0.5, 0.6) is 5.75 Å². The number of imidazole rings is 1. The number of piperidine rings is 1. The van der Waals surface area contributed by atoms with E-state index in [1.54, 1.807) is 30.3 Å². The summed E-state index contributed by atoms with van der Waals surface area (Å²) in [6.07, 6.45) is 2.70. The molecule has 0 atom stereocenters. The Labute approximate surface area is 211 Å². The highest BCUT2D eigenvalue weighted by Gasteiger charge is 2.22. The molecule has 1 aliphatic rings. The summed E-state index contributed by atoms with van der Waals surface area (Å²) in [5.41, 5.74) is 2.82. The van der Waals surface area contributed by atoms with Crippen molar-refractivity contribution in [3.05, 3.63) is 53.3 Å². The minimum Gasteiger partial charge on any atom is -0.496 e. The summed E-state index contributed by atoms with van der Waals surface area (Å²) in [4.78, 5) is 33.3. The molecule has 1 fully saturated rings. The molecule has 1 aromatic heterocycles. The molecule has 3 aromatic rings. The number of nitrogens with zero attached hydrogens (tertiary/aromatic N) is 3. The van der Waals surface area contributed by atoms with Gasteiger partial charge in [0.15, 0.2) is 0 Å². The number of aliphatic hydroxyl groups excluding tert-OH is 1. The number of aromatic nitrogens is 2. The van der Waals surface area contributed by atoms with E-state index in [-0.39, 0.29) is 18.4 Å². The molecule has 0 saturated carbocycles. The lowest BCUT2D eigenvalue weighted by Gasteiger charge is -2.31. The van der Waals surface area contributed by atoms with Crippen LogP contribution in [-0.4, -0.2) is 71.3 Å². The van der Waals surface area contributed by atoms with Gasteiger partial charge in [-0.1, -0.05) is 19.1 Å². The van der Waals surface area contributed by atoms with Gasteiger partial charge in [0.05, 0.1) is 36.0 Å². The Morgan fingerprint density at radius 2 is 1.92 bits per heavy atom. The topological polar surface area (TPSA) is 109 Å². The van der Waals surface area contributed by atoms with Crippen LogP contribution < -0.4 is 15.4 Å². The fourth-order valence-electron chi connectivity index (χ4n) is 4.86. The van der Waals surface area contributed by atoms with E-state index in [2.05, 4.69) is 15.5 Å². The van der Waals surface area contributed by atoms with Crippen LogP contribution >= 0.6 is 0 Å². The molecule has 1 aliphatic heterocycles. The maximum atomic E-state index is 13.2. The lowest BCUT2D eigenvalue weighted by atomic mass is 9.96. The van der Waals surface area contributed by atoms with E-state index in [0.29, 0.717) is 47.1 Å². The Hall–Kier alpha value is -3.43. The van der Waals surface area contributed by atoms with Crippen LogP contribution in [0.25, 0.3) is 11.0 Å². The third-order valence-corrected chi connectivity index (χ3v) is 6.91. The normalized spacial score (nSPS) is 14.7. The maximum absolute atomic E-state index is 13.2. The van der Waals surface area contributed by atoms with Gasteiger partial charge in [0, 0.05) is 32.1 Å². The zero-order valence-electron chi connectivity index (χ0n) is 21.2. The summed E-state index contributed by atoms with van der Waals surface area (Å²) in [7, 11) is 3.44. The first kappa shape index (κ1) is 25.7. The van der Waals surface area contributed by atoms with E-state index in [1.807, 2.05) is 24.6 Å². The Morgan fingerprint density at radius 1 is 1.17 bits per heavy atom. The van der Waals surface area contributed by atoms with E-state index in [1.165, 1.54) is 7.11 Å². The number of amides is 2. The lowest BCUT2D eigenvalue weighted by molar-refractivity contribution is 0.0931. The number of methoxy groups -OCH3 is 1. The Bertz CT molecular complexity index is 1230. The molecule has 1 saturated heterocycles. The third kappa shape index (κ3) is 5.52. The van der Waals surface area contributed by atoms with E-state index >= 15 is 0 Å². The highest BCUT2D eigenvalue weighted by molar-refractivity contribution is 6.11. The second kappa shape index (κ2) is 11.5. The Balaban J connectivity index is 1.56. The van der Waals surface area contributed by atoms with Crippen molar-refractivity contribution in [2.24, 2.45) is 13.0 Å². The first-order chi connectivity index (χ1) is 17.4. The van der Waals surface area contributed by atoms with Crippen LogP contribution in [0.1, 0.15) is 46.3 Å². The van der Waals surface area contributed by atoms with Crippen molar-refractivity contribution in [2.45, 2.75) is 26.2 Å². The molecule has 4 rings (SSSR count). The first-order valence-corrected chi connectivity index (χ1v) is 12.5. The van der Waals surface area contributed by atoms with Gasteiger partial charge in [-0.3, -0.25) is 9.59 Å². The Morgan fingerprint density at radius 3 is 2.61 bits per heavy atom. The van der Waals surface area contributed by atoms with E-state index < -0.39 is 0 Å². The average Bonchev–Trinajstić information content (AvgIpc) is 3.23. The summed E-state index contributed by atoms with van der Waals surface area (Å²) < 4.78 is 7.30. The fourth-order valence-corrected chi connectivity index (χ4v) is 4.86. The molecule has 192 valence electrons. The number of ether oxygens (including phenoxy) is 1. The molecule has 36 heavy (non-hydrogen) atoms. The number of carbonyl (C=O) groups excluding carboxylic acids is 2. The van der Waals surface area contributed by atoms with E-state index in [0.717, 1.165) is 43.7 Å². The number of benzene rings is 2. The summed E-state index contributed by atoms with van der Waals surface area (Å²) in [6, 6.07) is 10.5. The smallest absolute Gasteiger partial charge is 0.259 e. The zero-order valence-corrected chi connectivity index (χ0v) is 21.2. The predicted octanol–water partition coefficient (Wildman–Crippen LogP) is 2.83. The van der Waals surface area contributed by atoms with Gasteiger partial charge in [-0.2, -0.15) is 0 Å². The number of anilines is 1. The van der Waals surface area contributed by atoms with Gasteiger partial charge in [0.2, 0.25) is 0 Å². The molecular formula is C27H35N5O4. The molecule has 0 unspecified atom stereocenters. The number of aliphatic hydroxyl groups is 1. The minimum absolute atomic E-state index is 0.174. The molecule has 0 spiro atoms. The summed E-state index contributed by atoms with van der Waals surface area (Å²) in [5.74, 6) is 1.24. The molecule has 0 aliphatic carbocycles. The molecule has 0 bridgehead atoms. The number of carbonyl (C=O) groups is 2. The number of rotatable bonds is 9. The van der Waals surface area contributed by atoms with E-state index in [4.69, 9.17) is 14.8 Å². The molecule has 3 N–H and O–H groups in total. The van der Waals surface area contributed by atoms with Crippen LogP contribution in [0, 0.1) is 5.92 Å². The van der Waals surface area contributed by atoms with Crippen molar-refractivity contribution in [1.29, 1.82) is 0 Å². The number of likely N-dealkylation sites (tertiary alicyclic amines) is 1. The van der Waals surface area contributed by atoms with Crippen molar-refractivity contribution in [3.63, 3.8) is 0 Å². The highest BCUT2D eigenvalue weighted by Crippen LogP contribution is 2.28. The van der Waals surface area contributed by atoms with Crippen LogP contribution in [0.15, 0.2) is 36.4 Å². The quantitative estimate of drug-likeness (QED) is 0.423. The summed E-state index contributed by atoms with van der Waals surface area (Å²) in [5, 5.41) is 15.2. The SMILES string of the molecule is CCc1nc2cc(C(=O)NCC3CCN(CCO)CC3)cc(NC(=O)c3ccccc3OC)c2n1C. The van der Waals surface area contributed by atoms with Crippen molar-refractivity contribution >= 4 is 28.5 Å². The third-order valence-electron chi connectivity index (χ3n) is 6.91. The molecule has 2 amide bonds. The molecule has 0 radical (unpaired) electrons. The molecule has 2 heterocycles. The van der Waals surface area contributed by atoms with Gasteiger partial charge in [-0.05, 0) is 56.1 Å². The second-order valence-corrected chi connectivity index (χ2v) is 9.21. The van der Waals surface area contributed by atoms with Crippen molar-refractivity contribution in [3.8, 4) is 5.75 Å². The molecular weight excluding hydrogens is 458 g/mol. The van der Waals surface area contributed by atoms with Crippen molar-refractivity contribution in [2.75, 3.05) is 45.2 Å². The van der Waals surface area contributed by atoms with Gasteiger partial charge in [0.1, 0.15) is 11.6 Å². The standard InChI is InChI=1S/C27H35N5O4/c1-4-24-29-21-15-19(26(34)28-17-18-9-11-32(12-10-18)13-14-33)16-22(25(21)31(24)2)30-27(35)20-7-5-6-8-23(20)36-3/h5-8,15-16,18,33H,4,9-14,17H2,1-3H3,(H,28,34)(H,30,35). The van der Waals surface area contributed by atoms with E-state index in [9.17, 15) is 9.59 Å². The lowest BCUT2D eigenvalue weighted by Crippen LogP contribution is -2.39. The van der Waals surface area contributed by atoms with Crippen LogP contribution in [0.3, 0.4) is 0 Å². The summed E-state index contributed by atoms with van der Waals surface area (Å²) >= 11 is 0. The second-order valence-electron chi connectivity index (χ2n) is 9.21. The average molecular weight is 494 g/mol. The largest absolute Gasteiger partial charge is 0.496 e. The number of hydrogen-bond acceptors (Lipinski definition) is 6. The maximum Gasteiger partial charge on any atom is 0.259 e. The predicted molar refractivity (Wildman–Crippen MR) is 140 cm³/mol. The van der Waals surface area contributed by atoms with Crippen LogP contribution in [-0.2, 0) is 13.5 Å². The zero-order chi connectivity index (χ0) is 25.7. The number of aryl methyl sites for hydroxylation is 2. The number of β-amino-alcohol motifs (C(OH)–C–C–N with tert-alkyl or cyclic N) is 1. The number of fused-ring (bicyclic) bond motifs is 1. The van der Waals surface area contributed by atoms with Gasteiger partial charge >= 0.3 is 0 Å². The summed E-state index contributed by atoms with van der Waals surface area (Å²) in [6.45, 7) is 5.35. The minimum atomic E-state index is -0.319.